The Morgan fingerprint density at radius 2 is 2.21 bits per heavy atom. The molecule has 1 saturated heterocycles. The van der Waals surface area contributed by atoms with Gasteiger partial charge in [-0.25, -0.2) is 0 Å². The number of ether oxygens (including phenoxy) is 1. The summed E-state index contributed by atoms with van der Waals surface area (Å²) in [4.78, 5) is 27.3. The highest BCUT2D eigenvalue weighted by Gasteiger charge is 2.38. The van der Waals surface area contributed by atoms with E-state index in [-0.39, 0.29) is 30.8 Å². The van der Waals surface area contributed by atoms with Gasteiger partial charge in [-0.05, 0) is 13.8 Å². The molecule has 1 aliphatic rings. The lowest BCUT2D eigenvalue weighted by Gasteiger charge is -2.35. The highest BCUT2D eigenvalue weighted by Crippen LogP contribution is 2.23. The first-order chi connectivity index (χ1) is 8.83. The van der Waals surface area contributed by atoms with E-state index in [4.69, 9.17) is 4.74 Å². The highest BCUT2D eigenvalue weighted by molar-refractivity contribution is 5.89. The molecule has 0 aromatic carbocycles. The Hall–Kier alpha value is -1.14. The van der Waals surface area contributed by atoms with Gasteiger partial charge in [0.15, 0.2) is 0 Å². The second kappa shape index (κ2) is 6.34. The molecule has 19 heavy (non-hydrogen) atoms. The molecule has 0 aliphatic carbocycles. The molecule has 1 heterocycles. The molecule has 1 unspecified atom stereocenters. The molecule has 110 valence electrons. The number of carbonyl (C=O) groups excluding carboxylic acids is 2. The zero-order valence-corrected chi connectivity index (χ0v) is 12.2. The Morgan fingerprint density at radius 1 is 1.58 bits per heavy atom. The molecular formula is C13H24N2O4. The first-order valence-corrected chi connectivity index (χ1v) is 6.48. The summed E-state index contributed by atoms with van der Waals surface area (Å²) in [6.45, 7) is 4.92. The van der Waals surface area contributed by atoms with Crippen LogP contribution in [0.2, 0.25) is 0 Å². The Bertz CT molecular complexity index is 344. The molecule has 1 N–H and O–H groups in total. The maximum absolute atomic E-state index is 12.3. The minimum atomic E-state index is -0.611. The third-order valence-corrected chi connectivity index (χ3v) is 3.75. The predicted molar refractivity (Wildman–Crippen MR) is 70.5 cm³/mol. The van der Waals surface area contributed by atoms with E-state index >= 15 is 0 Å². The van der Waals surface area contributed by atoms with Gasteiger partial charge in [-0.15, -0.1) is 0 Å². The molecule has 2 amide bonds. The number of aliphatic hydroxyl groups excluding tert-OH is 1. The Kier molecular flexibility index (Phi) is 5.31. The maximum Gasteiger partial charge on any atom is 0.228 e. The number of carbonyl (C=O) groups is 2. The molecule has 0 spiro atoms. The summed E-state index contributed by atoms with van der Waals surface area (Å²) >= 11 is 0. The van der Waals surface area contributed by atoms with Crippen LogP contribution < -0.4 is 0 Å². The smallest absolute Gasteiger partial charge is 0.228 e. The van der Waals surface area contributed by atoms with Crippen molar-refractivity contribution in [3.63, 3.8) is 0 Å². The van der Waals surface area contributed by atoms with E-state index in [1.807, 2.05) is 0 Å². The standard InChI is InChI=1S/C13H24N2O4/c1-13(2,9-16)14(3)12(18)10-7-11(17)15(8-10)5-6-19-4/h10,16H,5-9H2,1-4H3. The number of aliphatic hydroxyl groups is 1. The van der Waals surface area contributed by atoms with Crippen LogP contribution >= 0.6 is 0 Å². The van der Waals surface area contributed by atoms with Crippen LogP contribution in [-0.4, -0.2) is 72.7 Å². The number of methoxy groups -OCH3 is 1. The van der Waals surface area contributed by atoms with Gasteiger partial charge < -0.3 is 19.6 Å². The van der Waals surface area contributed by atoms with Crippen LogP contribution in [0.25, 0.3) is 0 Å². The third-order valence-electron chi connectivity index (χ3n) is 3.75. The fourth-order valence-electron chi connectivity index (χ4n) is 2.03. The van der Waals surface area contributed by atoms with Crippen molar-refractivity contribution >= 4 is 11.8 Å². The van der Waals surface area contributed by atoms with Gasteiger partial charge in [0.1, 0.15) is 0 Å². The first-order valence-electron chi connectivity index (χ1n) is 6.48. The quantitative estimate of drug-likeness (QED) is 0.721. The second-order valence-electron chi connectivity index (χ2n) is 5.60. The number of likely N-dealkylation sites (N-methyl/N-ethyl adjacent to an activating group) is 1. The average molecular weight is 272 g/mol. The van der Waals surface area contributed by atoms with Crippen LogP contribution in [0.3, 0.4) is 0 Å². The topological polar surface area (TPSA) is 70.1 Å². The van der Waals surface area contributed by atoms with Crippen molar-refractivity contribution < 1.29 is 19.4 Å². The van der Waals surface area contributed by atoms with Crippen molar-refractivity contribution in [1.29, 1.82) is 0 Å². The van der Waals surface area contributed by atoms with Gasteiger partial charge in [0.05, 0.1) is 24.7 Å². The zero-order chi connectivity index (χ0) is 14.6. The van der Waals surface area contributed by atoms with E-state index in [0.29, 0.717) is 19.7 Å². The number of hydrogen-bond donors (Lipinski definition) is 1. The molecule has 1 rings (SSSR count). The van der Waals surface area contributed by atoms with Gasteiger partial charge in [-0.3, -0.25) is 9.59 Å². The van der Waals surface area contributed by atoms with Gasteiger partial charge in [-0.1, -0.05) is 0 Å². The van der Waals surface area contributed by atoms with Gasteiger partial charge in [-0.2, -0.15) is 0 Å². The fourth-order valence-corrected chi connectivity index (χ4v) is 2.03. The monoisotopic (exact) mass is 272 g/mol. The first kappa shape index (κ1) is 15.9. The van der Waals surface area contributed by atoms with Crippen molar-refractivity contribution in [2.24, 2.45) is 5.92 Å². The largest absolute Gasteiger partial charge is 0.394 e. The van der Waals surface area contributed by atoms with E-state index in [1.165, 1.54) is 4.90 Å². The van der Waals surface area contributed by atoms with Crippen molar-refractivity contribution in [2.75, 3.05) is 40.5 Å². The summed E-state index contributed by atoms with van der Waals surface area (Å²) in [5.74, 6) is -0.418. The fraction of sp³-hybridized carbons (Fsp3) is 0.846. The SMILES string of the molecule is COCCN1CC(C(=O)N(C)C(C)(C)CO)CC1=O. The van der Waals surface area contributed by atoms with Crippen LogP contribution in [-0.2, 0) is 14.3 Å². The third kappa shape index (κ3) is 3.67. The van der Waals surface area contributed by atoms with Crippen molar-refractivity contribution in [3.05, 3.63) is 0 Å². The molecule has 1 aliphatic heterocycles. The number of hydrogen-bond acceptors (Lipinski definition) is 4. The highest BCUT2D eigenvalue weighted by atomic mass is 16.5. The van der Waals surface area contributed by atoms with Gasteiger partial charge >= 0.3 is 0 Å². The summed E-state index contributed by atoms with van der Waals surface area (Å²) in [6.07, 6.45) is 0.244. The molecule has 0 radical (unpaired) electrons. The number of likely N-dealkylation sites (tertiary alicyclic amines) is 1. The predicted octanol–water partition coefficient (Wildman–Crippen LogP) is -0.289. The van der Waals surface area contributed by atoms with Crippen LogP contribution in [0.4, 0.5) is 0 Å². The van der Waals surface area contributed by atoms with Gasteiger partial charge in [0.25, 0.3) is 0 Å². The lowest BCUT2D eigenvalue weighted by Crippen LogP contribution is -2.50. The minimum absolute atomic E-state index is 0.00870. The number of amides is 2. The molecule has 6 heteroatoms. The summed E-state index contributed by atoms with van der Waals surface area (Å²) in [6, 6.07) is 0. The van der Waals surface area contributed by atoms with E-state index in [2.05, 4.69) is 0 Å². The van der Waals surface area contributed by atoms with Crippen LogP contribution in [0, 0.1) is 5.92 Å². The minimum Gasteiger partial charge on any atom is -0.394 e. The number of rotatable bonds is 6. The van der Waals surface area contributed by atoms with Crippen molar-refractivity contribution in [3.8, 4) is 0 Å². The second-order valence-corrected chi connectivity index (χ2v) is 5.60. The number of nitrogens with zero attached hydrogens (tertiary/aromatic N) is 2. The molecule has 0 bridgehead atoms. The molecular weight excluding hydrogens is 248 g/mol. The van der Waals surface area contributed by atoms with E-state index in [0.717, 1.165) is 0 Å². The Labute approximate surface area is 114 Å². The summed E-state index contributed by atoms with van der Waals surface area (Å²) in [5.41, 5.74) is -0.611. The van der Waals surface area contributed by atoms with Crippen molar-refractivity contribution in [1.82, 2.24) is 9.80 Å². The molecule has 0 aromatic heterocycles. The molecule has 6 nitrogen and oxygen atoms in total. The van der Waals surface area contributed by atoms with Crippen LogP contribution in [0.15, 0.2) is 0 Å². The molecule has 0 aromatic rings. The van der Waals surface area contributed by atoms with Gasteiger partial charge in [0.2, 0.25) is 11.8 Å². The normalized spacial score (nSPS) is 19.9. The molecule has 1 atom stereocenters. The Morgan fingerprint density at radius 3 is 2.74 bits per heavy atom. The van der Waals surface area contributed by atoms with Crippen LogP contribution in [0.1, 0.15) is 20.3 Å². The summed E-state index contributed by atoms with van der Waals surface area (Å²) in [7, 11) is 3.25. The van der Waals surface area contributed by atoms with Gasteiger partial charge in [0, 0.05) is 33.7 Å². The average Bonchev–Trinajstić information content (AvgIpc) is 2.75. The van der Waals surface area contributed by atoms with E-state index in [9.17, 15) is 14.7 Å². The lowest BCUT2D eigenvalue weighted by molar-refractivity contribution is -0.140. The summed E-state index contributed by atoms with van der Waals surface area (Å²) < 4.78 is 4.94. The lowest BCUT2D eigenvalue weighted by atomic mass is 10.0. The van der Waals surface area contributed by atoms with E-state index in [1.54, 1.807) is 32.9 Å². The van der Waals surface area contributed by atoms with E-state index < -0.39 is 5.54 Å². The maximum atomic E-state index is 12.3. The van der Waals surface area contributed by atoms with Crippen LogP contribution in [0.5, 0.6) is 0 Å². The Balaban J connectivity index is 2.63. The molecule has 1 fully saturated rings. The zero-order valence-electron chi connectivity index (χ0n) is 12.2. The van der Waals surface area contributed by atoms with Crippen molar-refractivity contribution in [2.45, 2.75) is 25.8 Å². The summed E-state index contributed by atoms with van der Waals surface area (Å²) in [5, 5.41) is 9.29. The molecule has 0 saturated carbocycles.